The predicted molar refractivity (Wildman–Crippen MR) is 74.5 cm³/mol. The molecule has 0 aliphatic carbocycles. The van der Waals surface area contributed by atoms with E-state index in [1.165, 1.54) is 5.56 Å². The molecule has 0 aliphatic rings. The highest BCUT2D eigenvalue weighted by atomic mass is 32.2. The van der Waals surface area contributed by atoms with Crippen molar-refractivity contribution < 1.29 is 4.79 Å². The summed E-state index contributed by atoms with van der Waals surface area (Å²) in [5.41, 5.74) is 7.41. The van der Waals surface area contributed by atoms with Crippen LogP contribution in [0.2, 0.25) is 0 Å². The molecule has 94 valence electrons. The molecule has 0 bridgehead atoms. The number of rotatable bonds is 6. The van der Waals surface area contributed by atoms with Gasteiger partial charge in [-0.1, -0.05) is 12.1 Å². The zero-order chi connectivity index (χ0) is 12.7. The van der Waals surface area contributed by atoms with Gasteiger partial charge in [0.2, 0.25) is 0 Å². The zero-order valence-corrected chi connectivity index (χ0v) is 11.3. The molecule has 0 radical (unpaired) electrons. The summed E-state index contributed by atoms with van der Waals surface area (Å²) in [6, 6.07) is 7.71. The monoisotopic (exact) mass is 252 g/mol. The SMILES string of the molecule is CSCCN(C)C(=O)c1ccc(CCN)cc1. The third-order valence-corrected chi connectivity index (χ3v) is 3.20. The van der Waals surface area contributed by atoms with Crippen LogP contribution in [-0.2, 0) is 6.42 Å². The maximum Gasteiger partial charge on any atom is 0.253 e. The molecule has 0 saturated heterocycles. The van der Waals surface area contributed by atoms with Crippen molar-refractivity contribution in [3.05, 3.63) is 35.4 Å². The summed E-state index contributed by atoms with van der Waals surface area (Å²) in [6.07, 6.45) is 2.90. The predicted octanol–water partition coefficient (Wildman–Crippen LogP) is 1.62. The normalized spacial score (nSPS) is 10.3. The first kappa shape index (κ1) is 14.1. The summed E-state index contributed by atoms with van der Waals surface area (Å²) in [4.78, 5) is 13.8. The van der Waals surface area contributed by atoms with Crippen molar-refractivity contribution >= 4 is 17.7 Å². The van der Waals surface area contributed by atoms with E-state index < -0.39 is 0 Å². The second-order valence-corrected chi connectivity index (χ2v) is 4.94. The van der Waals surface area contributed by atoms with E-state index in [9.17, 15) is 4.79 Å². The Bertz CT molecular complexity index is 351. The third-order valence-electron chi connectivity index (χ3n) is 2.61. The van der Waals surface area contributed by atoms with E-state index in [4.69, 9.17) is 5.73 Å². The van der Waals surface area contributed by atoms with Crippen molar-refractivity contribution in [2.45, 2.75) is 6.42 Å². The lowest BCUT2D eigenvalue weighted by Crippen LogP contribution is -2.28. The van der Waals surface area contributed by atoms with Gasteiger partial charge < -0.3 is 10.6 Å². The Labute approximate surface area is 107 Å². The molecular formula is C13H20N2OS. The standard InChI is InChI=1S/C13H20N2OS/c1-15(9-10-17-2)13(16)12-5-3-11(4-6-12)7-8-14/h3-6H,7-10,14H2,1-2H3. The van der Waals surface area contributed by atoms with Gasteiger partial charge in [-0.2, -0.15) is 11.8 Å². The Morgan fingerprint density at radius 3 is 2.53 bits per heavy atom. The lowest BCUT2D eigenvalue weighted by atomic mass is 10.1. The van der Waals surface area contributed by atoms with Crippen LogP contribution in [0.4, 0.5) is 0 Å². The molecule has 1 amide bonds. The van der Waals surface area contributed by atoms with Gasteiger partial charge in [-0.25, -0.2) is 0 Å². The van der Waals surface area contributed by atoms with Gasteiger partial charge in [0.1, 0.15) is 0 Å². The highest BCUT2D eigenvalue weighted by Gasteiger charge is 2.10. The molecule has 2 N–H and O–H groups in total. The summed E-state index contributed by atoms with van der Waals surface area (Å²) >= 11 is 1.74. The fourth-order valence-corrected chi connectivity index (χ4v) is 1.99. The number of hydrogen-bond acceptors (Lipinski definition) is 3. The molecule has 1 aromatic rings. The second-order valence-electron chi connectivity index (χ2n) is 3.96. The third kappa shape index (κ3) is 4.40. The van der Waals surface area contributed by atoms with Crippen LogP contribution < -0.4 is 5.73 Å². The van der Waals surface area contributed by atoms with Gasteiger partial charge in [0.15, 0.2) is 0 Å². The minimum absolute atomic E-state index is 0.0818. The molecule has 17 heavy (non-hydrogen) atoms. The molecule has 0 unspecified atom stereocenters. The van der Waals surface area contributed by atoms with Crippen LogP contribution in [0.1, 0.15) is 15.9 Å². The molecule has 0 saturated carbocycles. The molecule has 0 atom stereocenters. The zero-order valence-electron chi connectivity index (χ0n) is 10.5. The van der Waals surface area contributed by atoms with Crippen LogP contribution in [0.15, 0.2) is 24.3 Å². The summed E-state index contributed by atoms with van der Waals surface area (Å²) in [5.74, 6) is 1.05. The van der Waals surface area contributed by atoms with Crippen LogP contribution in [0.25, 0.3) is 0 Å². The number of benzene rings is 1. The van der Waals surface area contributed by atoms with Gasteiger partial charge in [0, 0.05) is 24.9 Å². The molecule has 1 aromatic carbocycles. The van der Waals surface area contributed by atoms with Crippen LogP contribution in [0.5, 0.6) is 0 Å². The largest absolute Gasteiger partial charge is 0.341 e. The topological polar surface area (TPSA) is 46.3 Å². The first-order valence-corrected chi connectivity index (χ1v) is 7.12. The Balaban J connectivity index is 2.62. The molecule has 0 heterocycles. The number of nitrogens with two attached hydrogens (primary N) is 1. The van der Waals surface area contributed by atoms with Crippen molar-refractivity contribution in [1.82, 2.24) is 4.90 Å². The van der Waals surface area contributed by atoms with Gasteiger partial charge in [-0.15, -0.1) is 0 Å². The average Bonchev–Trinajstić information content (AvgIpc) is 2.36. The summed E-state index contributed by atoms with van der Waals surface area (Å²) in [5, 5.41) is 0. The van der Waals surface area contributed by atoms with Crippen molar-refractivity contribution in [2.75, 3.05) is 32.1 Å². The van der Waals surface area contributed by atoms with Gasteiger partial charge in [-0.3, -0.25) is 4.79 Å². The van der Waals surface area contributed by atoms with Crippen molar-refractivity contribution in [1.29, 1.82) is 0 Å². The minimum atomic E-state index is 0.0818. The highest BCUT2D eigenvalue weighted by molar-refractivity contribution is 7.98. The van der Waals surface area contributed by atoms with Crippen molar-refractivity contribution in [2.24, 2.45) is 5.73 Å². The first-order valence-electron chi connectivity index (χ1n) is 5.72. The maximum absolute atomic E-state index is 12.0. The summed E-state index contributed by atoms with van der Waals surface area (Å²) in [7, 11) is 1.84. The second kappa shape index (κ2) is 7.35. The lowest BCUT2D eigenvalue weighted by molar-refractivity contribution is 0.0804. The smallest absolute Gasteiger partial charge is 0.253 e. The van der Waals surface area contributed by atoms with E-state index in [0.29, 0.717) is 6.54 Å². The van der Waals surface area contributed by atoms with E-state index in [1.807, 2.05) is 37.6 Å². The fraction of sp³-hybridized carbons (Fsp3) is 0.462. The summed E-state index contributed by atoms with van der Waals surface area (Å²) in [6.45, 7) is 1.42. The molecule has 3 nitrogen and oxygen atoms in total. The number of amides is 1. The van der Waals surface area contributed by atoms with Crippen LogP contribution in [-0.4, -0.2) is 43.0 Å². The van der Waals surface area contributed by atoms with Gasteiger partial charge in [-0.05, 0) is 36.9 Å². The maximum atomic E-state index is 12.0. The Kier molecular flexibility index (Phi) is 6.08. The number of carbonyl (C=O) groups is 1. The van der Waals surface area contributed by atoms with E-state index in [0.717, 1.165) is 24.3 Å². The average molecular weight is 252 g/mol. The van der Waals surface area contributed by atoms with E-state index in [2.05, 4.69) is 0 Å². The quantitative estimate of drug-likeness (QED) is 0.837. The number of hydrogen-bond donors (Lipinski definition) is 1. The molecule has 0 fully saturated rings. The van der Waals surface area contributed by atoms with Crippen molar-refractivity contribution in [3.63, 3.8) is 0 Å². The number of carbonyl (C=O) groups excluding carboxylic acids is 1. The highest BCUT2D eigenvalue weighted by Crippen LogP contribution is 2.08. The molecule has 4 heteroatoms. The summed E-state index contributed by atoms with van der Waals surface area (Å²) < 4.78 is 0. The van der Waals surface area contributed by atoms with E-state index in [1.54, 1.807) is 16.7 Å². The van der Waals surface area contributed by atoms with Gasteiger partial charge in [0.25, 0.3) is 5.91 Å². The van der Waals surface area contributed by atoms with Gasteiger partial charge in [0.05, 0.1) is 0 Å². The molecular weight excluding hydrogens is 232 g/mol. The molecule has 0 aromatic heterocycles. The van der Waals surface area contributed by atoms with Crippen LogP contribution in [0, 0.1) is 0 Å². The Hall–Kier alpha value is -1.00. The van der Waals surface area contributed by atoms with E-state index >= 15 is 0 Å². The number of nitrogens with zero attached hydrogens (tertiary/aromatic N) is 1. The van der Waals surface area contributed by atoms with Crippen LogP contribution in [0.3, 0.4) is 0 Å². The van der Waals surface area contributed by atoms with Crippen molar-refractivity contribution in [3.8, 4) is 0 Å². The Morgan fingerprint density at radius 2 is 2.00 bits per heavy atom. The fourth-order valence-electron chi connectivity index (χ4n) is 1.53. The van der Waals surface area contributed by atoms with E-state index in [-0.39, 0.29) is 5.91 Å². The molecule has 0 spiro atoms. The lowest BCUT2D eigenvalue weighted by Gasteiger charge is -2.16. The first-order chi connectivity index (χ1) is 8.19. The van der Waals surface area contributed by atoms with Crippen LogP contribution >= 0.6 is 11.8 Å². The number of thioether (sulfide) groups is 1. The molecule has 0 aliphatic heterocycles. The minimum Gasteiger partial charge on any atom is -0.341 e. The Morgan fingerprint density at radius 1 is 1.35 bits per heavy atom. The molecule has 1 rings (SSSR count). The van der Waals surface area contributed by atoms with Gasteiger partial charge >= 0.3 is 0 Å².